The normalized spacial score (nSPS) is 21.1. The Morgan fingerprint density at radius 3 is 3.13 bits per heavy atom. The highest BCUT2D eigenvalue weighted by molar-refractivity contribution is 9.10. The van der Waals surface area contributed by atoms with Crippen molar-refractivity contribution in [3.8, 4) is 0 Å². The Bertz CT molecular complexity index is 373. The molecule has 1 N–H and O–H groups in total. The summed E-state index contributed by atoms with van der Waals surface area (Å²) < 4.78 is 1.18. The maximum absolute atomic E-state index is 3.80. The molecule has 0 bridgehead atoms. The minimum atomic E-state index is 0.379. The molecule has 2 atom stereocenters. The van der Waals surface area contributed by atoms with E-state index in [2.05, 4.69) is 52.9 Å². The van der Waals surface area contributed by atoms with E-state index in [-0.39, 0.29) is 0 Å². The molecule has 15 heavy (non-hydrogen) atoms. The summed E-state index contributed by atoms with van der Waals surface area (Å²) >= 11 is 3.51. The van der Waals surface area contributed by atoms with Gasteiger partial charge in [0, 0.05) is 16.6 Å². The molecule has 0 aromatic heterocycles. The van der Waals surface area contributed by atoms with Gasteiger partial charge in [-0.1, -0.05) is 28.1 Å². The molecule has 0 fully saturated rings. The smallest absolute Gasteiger partial charge is 0.0331 e. The van der Waals surface area contributed by atoms with Crippen LogP contribution < -0.4 is 5.32 Å². The fourth-order valence-corrected chi connectivity index (χ4v) is 2.55. The van der Waals surface area contributed by atoms with Crippen LogP contribution in [-0.2, 0) is 6.42 Å². The SMILES string of the molecule is C=CC(C)NC1CCc2cc(Br)ccc21. The van der Waals surface area contributed by atoms with Crippen molar-refractivity contribution in [3.63, 3.8) is 0 Å². The third kappa shape index (κ3) is 2.32. The molecular weight excluding hydrogens is 250 g/mol. The van der Waals surface area contributed by atoms with Crippen molar-refractivity contribution in [2.24, 2.45) is 0 Å². The van der Waals surface area contributed by atoms with Gasteiger partial charge in [0.1, 0.15) is 0 Å². The summed E-state index contributed by atoms with van der Waals surface area (Å²) in [6, 6.07) is 7.46. The summed E-state index contributed by atoms with van der Waals surface area (Å²) in [5.41, 5.74) is 2.92. The van der Waals surface area contributed by atoms with E-state index in [1.807, 2.05) is 6.08 Å². The fourth-order valence-electron chi connectivity index (χ4n) is 2.14. The van der Waals surface area contributed by atoms with Gasteiger partial charge in [0.05, 0.1) is 0 Å². The van der Waals surface area contributed by atoms with E-state index in [9.17, 15) is 0 Å². The van der Waals surface area contributed by atoms with Crippen LogP contribution in [0, 0.1) is 0 Å². The molecule has 0 heterocycles. The molecule has 1 aromatic rings. The van der Waals surface area contributed by atoms with Crippen molar-refractivity contribution < 1.29 is 0 Å². The highest BCUT2D eigenvalue weighted by atomic mass is 79.9. The van der Waals surface area contributed by atoms with Gasteiger partial charge in [-0.3, -0.25) is 0 Å². The standard InChI is InChI=1S/C13H16BrN/c1-3-9(2)15-13-7-4-10-8-11(14)5-6-12(10)13/h3,5-6,8-9,13,15H,1,4,7H2,2H3. The van der Waals surface area contributed by atoms with Gasteiger partial charge in [-0.25, -0.2) is 0 Å². The zero-order valence-electron chi connectivity index (χ0n) is 8.96. The molecule has 2 rings (SSSR count). The van der Waals surface area contributed by atoms with Crippen LogP contribution in [0.5, 0.6) is 0 Å². The molecule has 1 aromatic carbocycles. The summed E-state index contributed by atoms with van der Waals surface area (Å²) in [6.45, 7) is 5.95. The molecule has 0 saturated heterocycles. The van der Waals surface area contributed by atoms with Crippen LogP contribution in [-0.4, -0.2) is 6.04 Å². The number of benzene rings is 1. The maximum atomic E-state index is 3.80. The first-order valence-corrected chi connectivity index (χ1v) is 6.17. The Morgan fingerprint density at radius 1 is 1.60 bits per heavy atom. The number of aryl methyl sites for hydroxylation is 1. The average molecular weight is 266 g/mol. The second kappa shape index (κ2) is 4.50. The van der Waals surface area contributed by atoms with E-state index in [4.69, 9.17) is 0 Å². The number of hydrogen-bond donors (Lipinski definition) is 1. The minimum absolute atomic E-state index is 0.379. The van der Waals surface area contributed by atoms with Crippen LogP contribution in [0.3, 0.4) is 0 Å². The van der Waals surface area contributed by atoms with Gasteiger partial charge in [-0.2, -0.15) is 0 Å². The number of rotatable bonds is 3. The molecule has 0 radical (unpaired) electrons. The first kappa shape index (κ1) is 10.9. The van der Waals surface area contributed by atoms with Crippen LogP contribution in [0.15, 0.2) is 35.3 Å². The lowest BCUT2D eigenvalue weighted by Crippen LogP contribution is -2.27. The molecule has 0 aliphatic heterocycles. The number of nitrogens with one attached hydrogen (secondary N) is 1. The van der Waals surface area contributed by atoms with Gasteiger partial charge >= 0.3 is 0 Å². The summed E-state index contributed by atoms with van der Waals surface area (Å²) in [6.07, 6.45) is 4.33. The second-order valence-corrected chi connectivity index (χ2v) is 5.04. The van der Waals surface area contributed by atoms with Gasteiger partial charge in [-0.05, 0) is 43.0 Å². The van der Waals surface area contributed by atoms with Gasteiger partial charge in [0.25, 0.3) is 0 Å². The second-order valence-electron chi connectivity index (χ2n) is 4.13. The predicted octanol–water partition coefficient (Wildman–Crippen LogP) is 3.60. The number of fused-ring (bicyclic) bond motifs is 1. The largest absolute Gasteiger partial charge is 0.304 e. The first-order valence-electron chi connectivity index (χ1n) is 5.37. The van der Waals surface area contributed by atoms with Gasteiger partial charge in [-0.15, -0.1) is 6.58 Å². The van der Waals surface area contributed by atoms with Crippen molar-refractivity contribution in [1.82, 2.24) is 5.32 Å². The summed E-state index contributed by atoms with van der Waals surface area (Å²) in [4.78, 5) is 0. The Morgan fingerprint density at radius 2 is 2.40 bits per heavy atom. The first-order chi connectivity index (χ1) is 7.20. The van der Waals surface area contributed by atoms with Crippen molar-refractivity contribution in [1.29, 1.82) is 0 Å². The fraction of sp³-hybridized carbons (Fsp3) is 0.385. The number of hydrogen-bond acceptors (Lipinski definition) is 1. The van der Waals surface area contributed by atoms with Crippen LogP contribution in [0.4, 0.5) is 0 Å². The number of halogens is 1. The highest BCUT2D eigenvalue weighted by Gasteiger charge is 2.22. The lowest BCUT2D eigenvalue weighted by Gasteiger charge is -2.17. The zero-order chi connectivity index (χ0) is 10.8. The Labute approximate surface area is 99.7 Å². The van der Waals surface area contributed by atoms with E-state index < -0.39 is 0 Å². The summed E-state index contributed by atoms with van der Waals surface area (Å²) in [5.74, 6) is 0. The van der Waals surface area contributed by atoms with E-state index in [0.717, 1.165) is 0 Å². The molecule has 80 valence electrons. The molecule has 0 saturated carbocycles. The van der Waals surface area contributed by atoms with Crippen molar-refractivity contribution in [2.75, 3.05) is 0 Å². The molecular formula is C13H16BrN. The third-order valence-corrected chi connectivity index (χ3v) is 3.49. The van der Waals surface area contributed by atoms with Crippen molar-refractivity contribution in [2.45, 2.75) is 31.8 Å². The molecule has 1 aliphatic carbocycles. The topological polar surface area (TPSA) is 12.0 Å². The van der Waals surface area contributed by atoms with Crippen LogP contribution >= 0.6 is 15.9 Å². The average Bonchev–Trinajstić information content (AvgIpc) is 2.60. The minimum Gasteiger partial charge on any atom is -0.304 e. The van der Waals surface area contributed by atoms with Gasteiger partial charge < -0.3 is 5.32 Å². The molecule has 1 nitrogen and oxygen atoms in total. The highest BCUT2D eigenvalue weighted by Crippen LogP contribution is 2.33. The zero-order valence-corrected chi connectivity index (χ0v) is 10.5. The summed E-state index contributed by atoms with van der Waals surface area (Å²) in [7, 11) is 0. The van der Waals surface area contributed by atoms with Crippen molar-refractivity contribution in [3.05, 3.63) is 46.5 Å². The molecule has 0 amide bonds. The Balaban J connectivity index is 2.18. The lowest BCUT2D eigenvalue weighted by molar-refractivity contribution is 0.500. The lowest BCUT2D eigenvalue weighted by atomic mass is 10.1. The Hall–Kier alpha value is -0.600. The molecule has 1 aliphatic rings. The molecule has 0 spiro atoms. The monoisotopic (exact) mass is 265 g/mol. The third-order valence-electron chi connectivity index (χ3n) is 3.00. The van der Waals surface area contributed by atoms with Gasteiger partial charge in [0.15, 0.2) is 0 Å². The van der Waals surface area contributed by atoms with Crippen LogP contribution in [0.2, 0.25) is 0 Å². The van der Waals surface area contributed by atoms with Crippen LogP contribution in [0.1, 0.15) is 30.5 Å². The van der Waals surface area contributed by atoms with E-state index in [0.29, 0.717) is 12.1 Å². The van der Waals surface area contributed by atoms with E-state index in [1.54, 1.807) is 0 Å². The molecule has 2 heteroatoms. The van der Waals surface area contributed by atoms with Gasteiger partial charge in [0.2, 0.25) is 0 Å². The van der Waals surface area contributed by atoms with E-state index in [1.165, 1.54) is 28.4 Å². The molecule has 2 unspecified atom stereocenters. The van der Waals surface area contributed by atoms with E-state index >= 15 is 0 Å². The van der Waals surface area contributed by atoms with Crippen LogP contribution in [0.25, 0.3) is 0 Å². The predicted molar refractivity (Wildman–Crippen MR) is 68.0 cm³/mol. The quantitative estimate of drug-likeness (QED) is 0.824. The Kier molecular flexibility index (Phi) is 3.27. The van der Waals surface area contributed by atoms with Crippen molar-refractivity contribution >= 4 is 15.9 Å². The maximum Gasteiger partial charge on any atom is 0.0331 e. The summed E-state index contributed by atoms with van der Waals surface area (Å²) in [5, 5.41) is 3.57.